The van der Waals surface area contributed by atoms with E-state index in [1.165, 1.54) is 6.42 Å². The summed E-state index contributed by atoms with van der Waals surface area (Å²) < 4.78 is 11.2. The van der Waals surface area contributed by atoms with Crippen molar-refractivity contribution in [2.45, 2.75) is 32.4 Å². The lowest BCUT2D eigenvalue weighted by molar-refractivity contribution is 0.415. The summed E-state index contributed by atoms with van der Waals surface area (Å²) in [5.74, 6) is 2.38. The van der Waals surface area contributed by atoms with Crippen LogP contribution in [0.3, 0.4) is 0 Å². The van der Waals surface area contributed by atoms with E-state index in [2.05, 4.69) is 20.8 Å². The van der Waals surface area contributed by atoms with Gasteiger partial charge in [0.05, 0.1) is 0 Å². The number of hydrogen-bond acceptors (Lipinski definition) is 1. The highest BCUT2D eigenvalue weighted by Gasteiger charge is 2.29. The molecule has 2 heteroatoms. The van der Waals surface area contributed by atoms with Gasteiger partial charge in [-0.2, -0.15) is 0 Å². The molecule has 1 rings (SSSR count). The van der Waals surface area contributed by atoms with Crippen LogP contribution < -0.4 is 0 Å². The molecule has 1 nitrogen and oxygen atoms in total. The largest absolute Gasteiger partial charge is 0.259 e. The Morgan fingerprint density at radius 2 is 2.10 bits per heavy atom. The normalized spacial score (nSPS) is 41.0. The maximum Gasteiger partial charge on any atom is 0.0322 e. The first-order chi connectivity index (χ1) is 4.61. The van der Waals surface area contributed by atoms with Gasteiger partial charge in [0, 0.05) is 21.8 Å². The van der Waals surface area contributed by atoms with E-state index in [4.69, 9.17) is 0 Å². The highest BCUT2D eigenvalue weighted by Crippen LogP contribution is 2.27. The van der Waals surface area contributed by atoms with E-state index in [0.717, 1.165) is 11.7 Å². The minimum atomic E-state index is -0.518. The molecule has 0 amide bonds. The standard InChI is InChI=1S/C8H16OS/c1-6(2)8-4-7(3)10(9)5-8/h6-8H,4-5H2,1-3H3/t7-,8?,10?/m1/s1. The molecule has 0 radical (unpaired) electrons. The lowest BCUT2D eigenvalue weighted by Crippen LogP contribution is -2.07. The van der Waals surface area contributed by atoms with Crippen LogP contribution in [0.4, 0.5) is 0 Å². The van der Waals surface area contributed by atoms with Gasteiger partial charge in [0.25, 0.3) is 0 Å². The average molecular weight is 160 g/mol. The van der Waals surface area contributed by atoms with Crippen molar-refractivity contribution in [3.8, 4) is 0 Å². The first-order valence-electron chi connectivity index (χ1n) is 3.98. The Labute approximate surface area is 65.7 Å². The maximum absolute atomic E-state index is 11.2. The van der Waals surface area contributed by atoms with E-state index in [1.54, 1.807) is 0 Å². The molecule has 0 aromatic carbocycles. The van der Waals surface area contributed by atoms with Crippen LogP contribution >= 0.6 is 0 Å². The number of hydrogen-bond donors (Lipinski definition) is 0. The van der Waals surface area contributed by atoms with E-state index in [-0.39, 0.29) is 0 Å². The van der Waals surface area contributed by atoms with Crippen LogP contribution in [0.1, 0.15) is 27.2 Å². The molecule has 1 saturated heterocycles. The molecule has 3 atom stereocenters. The quantitative estimate of drug-likeness (QED) is 0.571. The van der Waals surface area contributed by atoms with Crippen molar-refractivity contribution < 1.29 is 4.21 Å². The fourth-order valence-corrected chi connectivity index (χ4v) is 3.17. The van der Waals surface area contributed by atoms with E-state index < -0.39 is 10.8 Å². The minimum Gasteiger partial charge on any atom is -0.259 e. The Hall–Kier alpha value is 0.150. The molecular formula is C8H16OS. The monoisotopic (exact) mass is 160 g/mol. The van der Waals surface area contributed by atoms with Crippen molar-refractivity contribution in [1.29, 1.82) is 0 Å². The van der Waals surface area contributed by atoms with Crippen LogP contribution in [0.2, 0.25) is 0 Å². The Balaban J connectivity index is 2.49. The van der Waals surface area contributed by atoms with Gasteiger partial charge in [-0.1, -0.05) is 20.8 Å². The van der Waals surface area contributed by atoms with Gasteiger partial charge in [-0.3, -0.25) is 4.21 Å². The van der Waals surface area contributed by atoms with Gasteiger partial charge in [0.1, 0.15) is 0 Å². The average Bonchev–Trinajstić information content (AvgIpc) is 2.13. The first-order valence-corrected chi connectivity index (χ1v) is 5.36. The highest BCUT2D eigenvalue weighted by atomic mass is 32.2. The van der Waals surface area contributed by atoms with Crippen molar-refractivity contribution in [2.24, 2.45) is 11.8 Å². The van der Waals surface area contributed by atoms with Crippen molar-refractivity contribution >= 4 is 10.8 Å². The molecule has 2 unspecified atom stereocenters. The zero-order valence-electron chi connectivity index (χ0n) is 6.96. The predicted molar refractivity (Wildman–Crippen MR) is 45.4 cm³/mol. The summed E-state index contributed by atoms with van der Waals surface area (Å²) >= 11 is 0. The van der Waals surface area contributed by atoms with Gasteiger partial charge >= 0.3 is 0 Å². The van der Waals surface area contributed by atoms with Gasteiger partial charge in [0.2, 0.25) is 0 Å². The zero-order valence-corrected chi connectivity index (χ0v) is 7.78. The van der Waals surface area contributed by atoms with Crippen LogP contribution in [0, 0.1) is 11.8 Å². The molecule has 1 aliphatic heterocycles. The molecule has 0 aliphatic carbocycles. The van der Waals surface area contributed by atoms with Crippen LogP contribution in [0.15, 0.2) is 0 Å². The lowest BCUT2D eigenvalue weighted by Gasteiger charge is -2.10. The summed E-state index contributed by atoms with van der Waals surface area (Å²) in [6.45, 7) is 6.54. The molecule has 0 N–H and O–H groups in total. The minimum absolute atomic E-state index is 0.451. The third-order valence-corrected chi connectivity index (χ3v) is 4.25. The molecule has 1 fully saturated rings. The maximum atomic E-state index is 11.2. The third-order valence-electron chi connectivity index (χ3n) is 2.40. The topological polar surface area (TPSA) is 17.1 Å². The summed E-state index contributed by atoms with van der Waals surface area (Å²) in [5.41, 5.74) is 0. The smallest absolute Gasteiger partial charge is 0.0322 e. The number of rotatable bonds is 1. The molecule has 0 bridgehead atoms. The Bertz CT molecular complexity index is 142. The highest BCUT2D eigenvalue weighted by molar-refractivity contribution is 7.85. The van der Waals surface area contributed by atoms with E-state index >= 15 is 0 Å². The van der Waals surface area contributed by atoms with Crippen molar-refractivity contribution in [1.82, 2.24) is 0 Å². The van der Waals surface area contributed by atoms with Gasteiger partial charge in [-0.15, -0.1) is 0 Å². The van der Waals surface area contributed by atoms with Gasteiger partial charge < -0.3 is 0 Å². The summed E-state index contributed by atoms with van der Waals surface area (Å²) in [6, 6.07) is 0. The third kappa shape index (κ3) is 1.60. The molecule has 0 aromatic rings. The molecule has 10 heavy (non-hydrogen) atoms. The lowest BCUT2D eigenvalue weighted by atomic mass is 9.94. The van der Waals surface area contributed by atoms with Crippen LogP contribution in [-0.2, 0) is 10.8 Å². The summed E-state index contributed by atoms with van der Waals surface area (Å²) in [4.78, 5) is 0. The Kier molecular flexibility index (Phi) is 2.50. The van der Waals surface area contributed by atoms with Gasteiger partial charge in [-0.05, 0) is 18.3 Å². The SMILES string of the molecule is CC(C)C1C[C@@H](C)S(=O)C1. The van der Waals surface area contributed by atoms with Crippen molar-refractivity contribution in [2.75, 3.05) is 5.75 Å². The molecule has 1 aliphatic rings. The second-order valence-corrected chi connectivity index (χ2v) is 5.50. The van der Waals surface area contributed by atoms with E-state index in [9.17, 15) is 4.21 Å². The van der Waals surface area contributed by atoms with Crippen LogP contribution in [-0.4, -0.2) is 15.2 Å². The molecule has 0 spiro atoms. The predicted octanol–water partition coefficient (Wildman–Crippen LogP) is 1.80. The van der Waals surface area contributed by atoms with Gasteiger partial charge in [0.15, 0.2) is 0 Å². The van der Waals surface area contributed by atoms with Crippen LogP contribution in [0.5, 0.6) is 0 Å². The van der Waals surface area contributed by atoms with E-state index in [1.807, 2.05) is 0 Å². The molecular weight excluding hydrogens is 144 g/mol. The fourth-order valence-electron chi connectivity index (χ4n) is 1.44. The second-order valence-electron chi connectivity index (χ2n) is 3.60. The summed E-state index contributed by atoms with van der Waals surface area (Å²) in [6.07, 6.45) is 1.17. The fraction of sp³-hybridized carbons (Fsp3) is 1.00. The summed E-state index contributed by atoms with van der Waals surface area (Å²) in [5, 5.41) is 0.451. The summed E-state index contributed by atoms with van der Waals surface area (Å²) in [7, 11) is -0.518. The van der Waals surface area contributed by atoms with Crippen molar-refractivity contribution in [3.05, 3.63) is 0 Å². The van der Waals surface area contributed by atoms with Crippen LogP contribution in [0.25, 0.3) is 0 Å². The Morgan fingerprint density at radius 3 is 2.30 bits per heavy atom. The molecule has 0 aromatic heterocycles. The molecule has 1 heterocycles. The van der Waals surface area contributed by atoms with Gasteiger partial charge in [-0.25, -0.2) is 0 Å². The van der Waals surface area contributed by atoms with E-state index in [0.29, 0.717) is 11.2 Å². The molecule has 0 saturated carbocycles. The molecule has 60 valence electrons. The second kappa shape index (κ2) is 3.04. The zero-order chi connectivity index (χ0) is 7.72. The first kappa shape index (κ1) is 8.25. The Morgan fingerprint density at radius 1 is 1.50 bits per heavy atom. The van der Waals surface area contributed by atoms with Crippen molar-refractivity contribution in [3.63, 3.8) is 0 Å².